The van der Waals surface area contributed by atoms with Crippen LogP contribution in [0.15, 0.2) is 0 Å². The SMILES string of the molecule is CCCC(=O)CC1CCCCC1CC. The highest BCUT2D eigenvalue weighted by molar-refractivity contribution is 5.78. The van der Waals surface area contributed by atoms with E-state index in [1.807, 2.05) is 0 Å². The second-order valence-corrected chi connectivity index (χ2v) is 4.71. The standard InChI is InChI=1S/C13H24O/c1-3-7-13(14)10-12-9-6-5-8-11(12)4-2/h11-12H,3-10H2,1-2H3. The Balaban J connectivity index is 2.36. The second kappa shape index (κ2) is 6.21. The van der Waals surface area contributed by atoms with E-state index in [0.717, 1.165) is 25.2 Å². The zero-order chi connectivity index (χ0) is 10.4. The van der Waals surface area contributed by atoms with Gasteiger partial charge in [-0.25, -0.2) is 0 Å². The molecular weight excluding hydrogens is 172 g/mol. The zero-order valence-electron chi connectivity index (χ0n) is 9.72. The fraction of sp³-hybridized carbons (Fsp3) is 0.923. The topological polar surface area (TPSA) is 17.1 Å². The van der Waals surface area contributed by atoms with Gasteiger partial charge in [0.2, 0.25) is 0 Å². The Bertz CT molecular complexity index is 174. The minimum atomic E-state index is 0.498. The monoisotopic (exact) mass is 196 g/mol. The minimum Gasteiger partial charge on any atom is -0.300 e. The van der Waals surface area contributed by atoms with Gasteiger partial charge in [-0.05, 0) is 24.7 Å². The van der Waals surface area contributed by atoms with Gasteiger partial charge < -0.3 is 0 Å². The predicted molar refractivity (Wildman–Crippen MR) is 60.3 cm³/mol. The first-order valence-corrected chi connectivity index (χ1v) is 6.29. The van der Waals surface area contributed by atoms with E-state index >= 15 is 0 Å². The van der Waals surface area contributed by atoms with Crippen molar-refractivity contribution in [1.82, 2.24) is 0 Å². The van der Waals surface area contributed by atoms with E-state index in [9.17, 15) is 4.79 Å². The van der Waals surface area contributed by atoms with Gasteiger partial charge in [-0.1, -0.05) is 39.5 Å². The van der Waals surface area contributed by atoms with E-state index in [4.69, 9.17) is 0 Å². The number of carbonyl (C=O) groups is 1. The molecule has 0 bridgehead atoms. The third kappa shape index (κ3) is 3.43. The summed E-state index contributed by atoms with van der Waals surface area (Å²) in [6, 6.07) is 0. The summed E-state index contributed by atoms with van der Waals surface area (Å²) >= 11 is 0. The van der Waals surface area contributed by atoms with Gasteiger partial charge in [0.25, 0.3) is 0 Å². The summed E-state index contributed by atoms with van der Waals surface area (Å²) in [6.07, 6.45) is 9.35. The van der Waals surface area contributed by atoms with Crippen LogP contribution < -0.4 is 0 Å². The molecule has 0 aromatic heterocycles. The summed E-state index contributed by atoms with van der Waals surface area (Å²) < 4.78 is 0. The summed E-state index contributed by atoms with van der Waals surface area (Å²) in [5.74, 6) is 2.05. The normalized spacial score (nSPS) is 27.6. The molecule has 1 heteroatoms. The van der Waals surface area contributed by atoms with Gasteiger partial charge >= 0.3 is 0 Å². The molecule has 0 radical (unpaired) electrons. The van der Waals surface area contributed by atoms with Crippen LogP contribution >= 0.6 is 0 Å². The molecule has 82 valence electrons. The number of ketones is 1. The highest BCUT2D eigenvalue weighted by Gasteiger charge is 2.25. The van der Waals surface area contributed by atoms with Gasteiger partial charge in [0, 0.05) is 12.8 Å². The van der Waals surface area contributed by atoms with Crippen LogP contribution in [0, 0.1) is 11.8 Å². The lowest BCUT2D eigenvalue weighted by atomic mass is 9.75. The maximum Gasteiger partial charge on any atom is 0.133 e. The maximum atomic E-state index is 11.6. The van der Waals surface area contributed by atoms with Crippen molar-refractivity contribution < 1.29 is 4.79 Å². The Morgan fingerprint density at radius 1 is 1.14 bits per heavy atom. The predicted octanol–water partition coefficient (Wildman–Crippen LogP) is 3.96. The molecule has 0 N–H and O–H groups in total. The molecule has 2 atom stereocenters. The zero-order valence-corrected chi connectivity index (χ0v) is 9.72. The first-order chi connectivity index (χ1) is 6.77. The molecule has 0 saturated heterocycles. The molecule has 0 heterocycles. The number of hydrogen-bond donors (Lipinski definition) is 0. The van der Waals surface area contributed by atoms with Crippen molar-refractivity contribution in [1.29, 1.82) is 0 Å². The number of carbonyl (C=O) groups excluding carboxylic acids is 1. The van der Waals surface area contributed by atoms with Gasteiger partial charge in [0.1, 0.15) is 5.78 Å². The van der Waals surface area contributed by atoms with Crippen LogP contribution in [0.25, 0.3) is 0 Å². The van der Waals surface area contributed by atoms with E-state index in [-0.39, 0.29) is 0 Å². The molecule has 1 fully saturated rings. The van der Waals surface area contributed by atoms with Crippen LogP contribution in [0.5, 0.6) is 0 Å². The lowest BCUT2D eigenvalue weighted by molar-refractivity contribution is -0.120. The molecule has 1 rings (SSSR count). The summed E-state index contributed by atoms with van der Waals surface area (Å²) in [6.45, 7) is 4.36. The molecule has 0 aliphatic heterocycles. The number of hydrogen-bond acceptors (Lipinski definition) is 1. The molecular formula is C13H24O. The average molecular weight is 196 g/mol. The fourth-order valence-electron chi connectivity index (χ4n) is 2.76. The smallest absolute Gasteiger partial charge is 0.133 e. The van der Waals surface area contributed by atoms with Gasteiger partial charge in [-0.3, -0.25) is 4.79 Å². The first kappa shape index (κ1) is 11.7. The van der Waals surface area contributed by atoms with Crippen LogP contribution in [-0.4, -0.2) is 5.78 Å². The van der Waals surface area contributed by atoms with Crippen molar-refractivity contribution in [2.75, 3.05) is 0 Å². The van der Waals surface area contributed by atoms with Crippen molar-refractivity contribution in [3.63, 3.8) is 0 Å². The van der Waals surface area contributed by atoms with Crippen molar-refractivity contribution in [2.45, 2.75) is 65.2 Å². The highest BCUT2D eigenvalue weighted by Crippen LogP contribution is 2.34. The van der Waals surface area contributed by atoms with E-state index in [2.05, 4.69) is 13.8 Å². The summed E-state index contributed by atoms with van der Waals surface area (Å²) in [5.41, 5.74) is 0. The molecule has 1 nitrogen and oxygen atoms in total. The number of rotatable bonds is 5. The van der Waals surface area contributed by atoms with Crippen molar-refractivity contribution >= 4 is 5.78 Å². The van der Waals surface area contributed by atoms with Gasteiger partial charge in [-0.15, -0.1) is 0 Å². The average Bonchev–Trinajstić information content (AvgIpc) is 2.19. The molecule has 1 aliphatic rings. The summed E-state index contributed by atoms with van der Waals surface area (Å²) in [7, 11) is 0. The molecule has 0 aromatic rings. The van der Waals surface area contributed by atoms with Crippen LogP contribution in [0.2, 0.25) is 0 Å². The van der Waals surface area contributed by atoms with E-state index in [1.54, 1.807) is 0 Å². The van der Waals surface area contributed by atoms with E-state index in [1.165, 1.54) is 32.1 Å². The molecule has 14 heavy (non-hydrogen) atoms. The lowest BCUT2D eigenvalue weighted by Gasteiger charge is -2.30. The first-order valence-electron chi connectivity index (χ1n) is 6.29. The minimum absolute atomic E-state index is 0.498. The largest absolute Gasteiger partial charge is 0.300 e. The summed E-state index contributed by atoms with van der Waals surface area (Å²) in [5, 5.41) is 0. The second-order valence-electron chi connectivity index (χ2n) is 4.71. The van der Waals surface area contributed by atoms with Crippen LogP contribution in [-0.2, 0) is 4.79 Å². The van der Waals surface area contributed by atoms with Crippen molar-refractivity contribution in [3.05, 3.63) is 0 Å². The van der Waals surface area contributed by atoms with Gasteiger partial charge in [0.05, 0.1) is 0 Å². The number of Topliss-reactive ketones (excluding diaryl/α,β-unsaturated/α-hetero) is 1. The van der Waals surface area contributed by atoms with Crippen molar-refractivity contribution in [3.8, 4) is 0 Å². The highest BCUT2D eigenvalue weighted by atomic mass is 16.1. The summed E-state index contributed by atoms with van der Waals surface area (Å²) in [4.78, 5) is 11.6. The van der Waals surface area contributed by atoms with Gasteiger partial charge in [-0.2, -0.15) is 0 Å². The van der Waals surface area contributed by atoms with Crippen LogP contribution in [0.3, 0.4) is 0 Å². The molecule has 2 unspecified atom stereocenters. The van der Waals surface area contributed by atoms with E-state index in [0.29, 0.717) is 11.7 Å². The Morgan fingerprint density at radius 2 is 1.79 bits per heavy atom. The molecule has 0 spiro atoms. The van der Waals surface area contributed by atoms with Crippen LogP contribution in [0.4, 0.5) is 0 Å². The fourth-order valence-corrected chi connectivity index (χ4v) is 2.76. The molecule has 1 aliphatic carbocycles. The Hall–Kier alpha value is -0.330. The third-order valence-electron chi connectivity index (χ3n) is 3.61. The molecule has 0 amide bonds. The van der Waals surface area contributed by atoms with E-state index < -0.39 is 0 Å². The molecule has 0 aromatic carbocycles. The Labute approximate surface area is 88.3 Å². The Kier molecular flexibility index (Phi) is 5.21. The maximum absolute atomic E-state index is 11.6. The molecule has 1 saturated carbocycles. The van der Waals surface area contributed by atoms with Gasteiger partial charge in [0.15, 0.2) is 0 Å². The van der Waals surface area contributed by atoms with Crippen molar-refractivity contribution in [2.24, 2.45) is 11.8 Å². The Morgan fingerprint density at radius 3 is 2.36 bits per heavy atom. The third-order valence-corrected chi connectivity index (χ3v) is 3.61. The quantitative estimate of drug-likeness (QED) is 0.650. The lowest BCUT2D eigenvalue weighted by Crippen LogP contribution is -2.21. The van der Waals surface area contributed by atoms with Crippen LogP contribution in [0.1, 0.15) is 65.2 Å².